The normalized spacial score (nSPS) is 10.9. The summed E-state index contributed by atoms with van der Waals surface area (Å²) in [4.78, 5) is 5.61. The molecule has 0 spiro atoms. The second-order valence-corrected chi connectivity index (χ2v) is 5.62. The molecule has 0 atom stereocenters. The first-order valence-electron chi connectivity index (χ1n) is 5.82. The van der Waals surface area contributed by atoms with E-state index in [2.05, 4.69) is 39.4 Å². The van der Waals surface area contributed by atoms with Gasteiger partial charge in [0, 0.05) is 25.0 Å². The predicted octanol–water partition coefficient (Wildman–Crippen LogP) is 2.83. The van der Waals surface area contributed by atoms with Gasteiger partial charge in [-0.05, 0) is 36.3 Å². The average Bonchev–Trinajstić information content (AvgIpc) is 2.85. The van der Waals surface area contributed by atoms with Crippen molar-refractivity contribution in [2.45, 2.75) is 12.8 Å². The number of thioether (sulfide) groups is 1. The van der Waals surface area contributed by atoms with Crippen molar-refractivity contribution in [1.29, 1.82) is 0 Å². The van der Waals surface area contributed by atoms with Crippen LogP contribution < -0.4 is 10.6 Å². The molecule has 0 aromatic carbocycles. The molecule has 0 aliphatic carbocycles. The third-order valence-electron chi connectivity index (χ3n) is 2.29. The molecule has 104 valence electrons. The minimum absolute atomic E-state index is 0. The Bertz CT molecular complexity index is 315. The smallest absolute Gasteiger partial charge is 0.190 e. The number of nitrogens with one attached hydrogen (secondary N) is 2. The molecule has 0 unspecified atom stereocenters. The van der Waals surface area contributed by atoms with E-state index in [0.717, 1.165) is 25.5 Å². The van der Waals surface area contributed by atoms with Crippen LogP contribution in [-0.4, -0.2) is 38.1 Å². The summed E-state index contributed by atoms with van der Waals surface area (Å²) in [6.45, 7) is 1.92. The highest BCUT2D eigenvalue weighted by Crippen LogP contribution is 2.07. The lowest BCUT2D eigenvalue weighted by Gasteiger charge is -2.10. The zero-order valence-corrected chi connectivity index (χ0v) is 14.9. The highest BCUT2D eigenvalue weighted by atomic mass is 127. The molecule has 0 amide bonds. The molecule has 3 nitrogen and oxygen atoms in total. The number of halogens is 1. The third kappa shape index (κ3) is 8.20. The van der Waals surface area contributed by atoms with Crippen molar-refractivity contribution in [3.63, 3.8) is 0 Å². The summed E-state index contributed by atoms with van der Waals surface area (Å²) in [6, 6.07) is 4.26. The molecule has 1 aromatic rings. The quantitative estimate of drug-likeness (QED) is 0.321. The van der Waals surface area contributed by atoms with Crippen molar-refractivity contribution in [3.05, 3.63) is 22.4 Å². The van der Waals surface area contributed by atoms with Crippen LogP contribution in [0.3, 0.4) is 0 Å². The summed E-state index contributed by atoms with van der Waals surface area (Å²) in [5.74, 6) is 2.10. The van der Waals surface area contributed by atoms with Gasteiger partial charge in [0.05, 0.1) is 0 Å². The molecule has 18 heavy (non-hydrogen) atoms. The molecule has 1 aromatic heterocycles. The summed E-state index contributed by atoms with van der Waals surface area (Å²) in [5.41, 5.74) is 0. The molecular weight excluding hydrogens is 377 g/mol. The van der Waals surface area contributed by atoms with Gasteiger partial charge in [-0.3, -0.25) is 4.99 Å². The van der Waals surface area contributed by atoms with E-state index in [1.165, 1.54) is 17.1 Å². The first kappa shape index (κ1) is 18.0. The number of thiophene rings is 1. The van der Waals surface area contributed by atoms with Crippen LogP contribution in [-0.2, 0) is 6.42 Å². The van der Waals surface area contributed by atoms with Crippen molar-refractivity contribution in [3.8, 4) is 0 Å². The predicted molar refractivity (Wildman–Crippen MR) is 95.8 cm³/mol. The molecular formula is C12H22IN3S2. The van der Waals surface area contributed by atoms with Gasteiger partial charge in [0.15, 0.2) is 5.96 Å². The van der Waals surface area contributed by atoms with E-state index in [1.807, 2.05) is 18.8 Å². The first-order chi connectivity index (χ1) is 8.36. The van der Waals surface area contributed by atoms with Gasteiger partial charge in [0.1, 0.15) is 0 Å². The number of rotatable bonds is 7. The molecule has 6 heteroatoms. The highest BCUT2D eigenvalue weighted by molar-refractivity contribution is 14.0. The zero-order chi connectivity index (χ0) is 12.3. The van der Waals surface area contributed by atoms with E-state index in [1.54, 1.807) is 11.3 Å². The fourth-order valence-corrected chi connectivity index (χ4v) is 2.54. The Morgan fingerprint density at radius 3 is 2.78 bits per heavy atom. The maximum absolute atomic E-state index is 4.20. The molecule has 0 radical (unpaired) electrons. The van der Waals surface area contributed by atoms with Crippen LogP contribution in [0.1, 0.15) is 11.3 Å². The van der Waals surface area contributed by atoms with Crippen LogP contribution in [0, 0.1) is 0 Å². The molecule has 1 heterocycles. The monoisotopic (exact) mass is 399 g/mol. The van der Waals surface area contributed by atoms with Gasteiger partial charge in [-0.25, -0.2) is 0 Å². The van der Waals surface area contributed by atoms with Crippen molar-refractivity contribution < 1.29 is 0 Å². The Hall–Kier alpha value is 0.0500. The summed E-state index contributed by atoms with van der Waals surface area (Å²) in [7, 11) is 1.81. The van der Waals surface area contributed by atoms with E-state index < -0.39 is 0 Å². The van der Waals surface area contributed by atoms with Crippen molar-refractivity contribution in [1.82, 2.24) is 10.6 Å². The Morgan fingerprint density at radius 2 is 2.17 bits per heavy atom. The average molecular weight is 399 g/mol. The number of aliphatic imine (C=N–C) groups is 1. The first-order valence-corrected chi connectivity index (χ1v) is 8.10. The van der Waals surface area contributed by atoms with Crippen LogP contribution in [0.2, 0.25) is 0 Å². The summed E-state index contributed by atoms with van der Waals surface area (Å²) >= 11 is 3.68. The lowest BCUT2D eigenvalue weighted by Crippen LogP contribution is -2.38. The van der Waals surface area contributed by atoms with Gasteiger partial charge in [-0.2, -0.15) is 11.8 Å². The van der Waals surface area contributed by atoms with Crippen molar-refractivity contribution >= 4 is 53.0 Å². The van der Waals surface area contributed by atoms with Crippen LogP contribution >= 0.6 is 47.1 Å². The van der Waals surface area contributed by atoms with Crippen LogP contribution in [0.4, 0.5) is 0 Å². The second-order valence-electron chi connectivity index (χ2n) is 3.60. The van der Waals surface area contributed by atoms with Crippen LogP contribution in [0.5, 0.6) is 0 Å². The Balaban J connectivity index is 0.00000289. The van der Waals surface area contributed by atoms with E-state index in [0.29, 0.717) is 0 Å². The fraction of sp³-hybridized carbons (Fsp3) is 0.583. The molecule has 1 rings (SSSR count). The summed E-state index contributed by atoms with van der Waals surface area (Å²) in [5, 5.41) is 8.75. The topological polar surface area (TPSA) is 36.4 Å². The minimum Gasteiger partial charge on any atom is -0.356 e. The molecule has 0 saturated heterocycles. The number of nitrogens with zero attached hydrogens (tertiary/aromatic N) is 1. The van der Waals surface area contributed by atoms with Gasteiger partial charge >= 0.3 is 0 Å². The van der Waals surface area contributed by atoms with E-state index >= 15 is 0 Å². The van der Waals surface area contributed by atoms with Gasteiger partial charge in [-0.15, -0.1) is 35.3 Å². The lowest BCUT2D eigenvalue weighted by atomic mass is 10.3. The van der Waals surface area contributed by atoms with E-state index in [4.69, 9.17) is 0 Å². The lowest BCUT2D eigenvalue weighted by molar-refractivity contribution is 0.780. The van der Waals surface area contributed by atoms with Gasteiger partial charge < -0.3 is 10.6 Å². The Kier molecular flexibility index (Phi) is 12.1. The van der Waals surface area contributed by atoms with Crippen LogP contribution in [0.25, 0.3) is 0 Å². The fourth-order valence-electron chi connectivity index (χ4n) is 1.40. The summed E-state index contributed by atoms with van der Waals surface area (Å²) < 4.78 is 0. The SMILES string of the molecule is CN=C(NCCCSC)NCCc1cccs1.I. The van der Waals surface area contributed by atoms with E-state index in [9.17, 15) is 0 Å². The van der Waals surface area contributed by atoms with Crippen LogP contribution in [0.15, 0.2) is 22.5 Å². The van der Waals surface area contributed by atoms with Crippen molar-refractivity contribution in [2.75, 3.05) is 32.1 Å². The molecule has 0 aliphatic heterocycles. The largest absolute Gasteiger partial charge is 0.356 e. The van der Waals surface area contributed by atoms with Gasteiger partial charge in [0.25, 0.3) is 0 Å². The summed E-state index contributed by atoms with van der Waals surface area (Å²) in [6.07, 6.45) is 4.37. The maximum atomic E-state index is 4.20. The Morgan fingerprint density at radius 1 is 1.39 bits per heavy atom. The van der Waals surface area contributed by atoms with Gasteiger partial charge in [0.2, 0.25) is 0 Å². The molecule has 0 saturated carbocycles. The number of guanidine groups is 1. The number of hydrogen-bond acceptors (Lipinski definition) is 3. The van der Waals surface area contributed by atoms with Crippen molar-refractivity contribution in [2.24, 2.45) is 4.99 Å². The minimum atomic E-state index is 0. The standard InChI is InChI=1S/C12H21N3S2.HI/c1-13-12(14-7-4-9-16-2)15-8-6-11-5-3-10-17-11;/h3,5,10H,4,6-9H2,1-2H3,(H2,13,14,15);1H. The molecule has 0 bridgehead atoms. The molecule has 0 aliphatic rings. The second kappa shape index (κ2) is 12.1. The maximum Gasteiger partial charge on any atom is 0.190 e. The molecule has 2 N–H and O–H groups in total. The molecule has 0 fully saturated rings. The third-order valence-corrected chi connectivity index (χ3v) is 3.92. The Labute approximate surface area is 135 Å². The highest BCUT2D eigenvalue weighted by Gasteiger charge is 1.97. The number of hydrogen-bond donors (Lipinski definition) is 2. The van der Waals surface area contributed by atoms with E-state index in [-0.39, 0.29) is 24.0 Å². The van der Waals surface area contributed by atoms with Gasteiger partial charge in [-0.1, -0.05) is 6.07 Å². The zero-order valence-electron chi connectivity index (χ0n) is 10.9.